The van der Waals surface area contributed by atoms with Crippen LogP contribution < -0.4 is 21.3 Å². The van der Waals surface area contributed by atoms with Crippen LogP contribution in [0.25, 0.3) is 27.7 Å². The maximum atomic E-state index is 13.8. The normalized spacial score (nSPS) is 12.4. The fourth-order valence-corrected chi connectivity index (χ4v) is 5.16. The van der Waals surface area contributed by atoms with Crippen molar-refractivity contribution < 1.29 is 8.42 Å². The summed E-state index contributed by atoms with van der Waals surface area (Å²) in [6.45, 7) is 1.85. The third-order valence-corrected chi connectivity index (χ3v) is 8.11. The average molecular weight is 591 g/mol. The number of nitrogen functional groups attached to an aromatic ring is 1. The number of hydrogen-bond acceptors (Lipinski definition) is 8. The second-order valence-electron chi connectivity index (χ2n) is 9.41. The molecule has 11 nitrogen and oxygen atoms in total. The molecule has 1 atom stereocenters. The van der Waals surface area contributed by atoms with E-state index in [4.69, 9.17) is 22.3 Å². The summed E-state index contributed by atoms with van der Waals surface area (Å²) in [6.07, 6.45) is 1.55. The highest BCUT2D eigenvalue weighted by Gasteiger charge is 2.21. The number of anilines is 3. The van der Waals surface area contributed by atoms with Crippen LogP contribution in [0.5, 0.6) is 0 Å². The van der Waals surface area contributed by atoms with Crippen LogP contribution in [0.15, 0.2) is 83.8 Å². The SMILES string of the molecule is C[C@H](Nc1nc(N)ncc1-c1cccc(NS(=O)(=O)N(C)C)c1)c1nc2cccc(Cl)c2c(=O)n1-c1ccccc1. The molecular weight excluding hydrogens is 564 g/mol. The second kappa shape index (κ2) is 11.2. The summed E-state index contributed by atoms with van der Waals surface area (Å²) in [5.41, 5.74) is 8.29. The summed E-state index contributed by atoms with van der Waals surface area (Å²) in [7, 11) is -0.837. The Morgan fingerprint density at radius 1 is 1.00 bits per heavy atom. The lowest BCUT2D eigenvalue weighted by Gasteiger charge is -2.21. The third kappa shape index (κ3) is 5.71. The molecule has 0 unspecified atom stereocenters. The zero-order valence-corrected chi connectivity index (χ0v) is 24.0. The van der Waals surface area contributed by atoms with E-state index in [0.717, 1.165) is 4.31 Å². The maximum Gasteiger partial charge on any atom is 0.301 e. The summed E-state index contributed by atoms with van der Waals surface area (Å²) in [4.78, 5) is 27.2. The molecule has 3 aromatic carbocycles. The molecule has 5 aromatic rings. The lowest BCUT2D eigenvalue weighted by atomic mass is 10.1. The lowest BCUT2D eigenvalue weighted by molar-refractivity contribution is 0.527. The van der Waals surface area contributed by atoms with Crippen molar-refractivity contribution in [2.75, 3.05) is 29.9 Å². The van der Waals surface area contributed by atoms with Crippen molar-refractivity contribution in [2.24, 2.45) is 0 Å². The van der Waals surface area contributed by atoms with Crippen molar-refractivity contribution >= 4 is 50.2 Å². The number of fused-ring (bicyclic) bond motifs is 1. The van der Waals surface area contributed by atoms with Gasteiger partial charge in [-0.2, -0.15) is 17.7 Å². The monoisotopic (exact) mass is 590 g/mol. The summed E-state index contributed by atoms with van der Waals surface area (Å²) < 4.78 is 29.9. The van der Waals surface area contributed by atoms with E-state index in [-0.39, 0.29) is 11.5 Å². The number of para-hydroxylation sites is 1. The van der Waals surface area contributed by atoms with E-state index >= 15 is 0 Å². The number of hydrogen-bond donors (Lipinski definition) is 3. The van der Waals surface area contributed by atoms with E-state index in [1.807, 2.05) is 37.3 Å². The van der Waals surface area contributed by atoms with Crippen LogP contribution in [-0.4, -0.2) is 46.3 Å². The predicted octanol–water partition coefficient (Wildman–Crippen LogP) is 4.47. The molecule has 0 saturated carbocycles. The summed E-state index contributed by atoms with van der Waals surface area (Å²) in [5.74, 6) is 0.830. The standard InChI is InChI=1S/C28H27ClN8O3S/c1-17(26-33-23-14-8-13-22(29)24(23)27(38)37(26)20-11-5-4-6-12-20)32-25-21(16-31-28(30)34-25)18-9-7-10-19(15-18)35-41(39,40)36(2)3/h4-17,35H,1-3H3,(H3,30,31,32,34)/t17-/m0/s1. The van der Waals surface area contributed by atoms with E-state index in [2.05, 4.69) is 20.0 Å². The number of halogens is 1. The molecule has 0 spiro atoms. The largest absolute Gasteiger partial charge is 0.368 e. The molecule has 0 aliphatic heterocycles. The van der Waals surface area contributed by atoms with Crippen LogP contribution in [0.1, 0.15) is 18.8 Å². The van der Waals surface area contributed by atoms with Crippen LogP contribution in [0.3, 0.4) is 0 Å². The van der Waals surface area contributed by atoms with E-state index in [1.54, 1.807) is 48.7 Å². The number of nitrogens with one attached hydrogen (secondary N) is 2. The van der Waals surface area contributed by atoms with Gasteiger partial charge in [-0.25, -0.2) is 9.97 Å². The van der Waals surface area contributed by atoms with E-state index in [0.29, 0.717) is 50.1 Å². The molecule has 0 bridgehead atoms. The van der Waals surface area contributed by atoms with Gasteiger partial charge >= 0.3 is 10.2 Å². The molecule has 0 radical (unpaired) electrons. The van der Waals surface area contributed by atoms with Crippen LogP contribution in [0.2, 0.25) is 5.02 Å². The lowest BCUT2D eigenvalue weighted by Crippen LogP contribution is -2.28. The van der Waals surface area contributed by atoms with Crippen molar-refractivity contribution in [3.63, 3.8) is 0 Å². The van der Waals surface area contributed by atoms with Crippen LogP contribution in [0.4, 0.5) is 17.5 Å². The van der Waals surface area contributed by atoms with Gasteiger partial charge in [0.05, 0.1) is 33.3 Å². The Balaban J connectivity index is 1.60. The maximum absolute atomic E-state index is 13.8. The van der Waals surface area contributed by atoms with Gasteiger partial charge in [0.25, 0.3) is 5.56 Å². The molecule has 41 heavy (non-hydrogen) atoms. The first-order valence-electron chi connectivity index (χ1n) is 12.5. The summed E-state index contributed by atoms with van der Waals surface area (Å²) >= 11 is 6.41. The number of benzene rings is 3. The molecule has 0 fully saturated rings. The van der Waals surface area contributed by atoms with Gasteiger partial charge in [-0.05, 0) is 48.9 Å². The van der Waals surface area contributed by atoms with Gasteiger partial charge in [-0.15, -0.1) is 0 Å². The molecule has 0 saturated heterocycles. The van der Waals surface area contributed by atoms with Crippen molar-refractivity contribution in [1.29, 1.82) is 0 Å². The number of rotatable bonds is 8. The topological polar surface area (TPSA) is 148 Å². The van der Waals surface area contributed by atoms with Gasteiger partial charge < -0.3 is 11.1 Å². The predicted molar refractivity (Wildman–Crippen MR) is 162 cm³/mol. The minimum absolute atomic E-state index is 0.0339. The molecule has 0 amide bonds. The highest BCUT2D eigenvalue weighted by Crippen LogP contribution is 2.31. The molecule has 0 aliphatic rings. The van der Waals surface area contributed by atoms with Crippen molar-refractivity contribution in [1.82, 2.24) is 23.8 Å². The third-order valence-electron chi connectivity index (χ3n) is 6.34. The highest BCUT2D eigenvalue weighted by atomic mass is 35.5. The Hall–Kier alpha value is -4.52. The summed E-state index contributed by atoms with van der Waals surface area (Å²) in [5, 5.41) is 3.97. The molecular formula is C28H27ClN8O3S. The Morgan fingerprint density at radius 3 is 2.46 bits per heavy atom. The highest BCUT2D eigenvalue weighted by molar-refractivity contribution is 7.90. The van der Waals surface area contributed by atoms with Crippen molar-refractivity contribution in [3.05, 3.63) is 100 Å². The minimum atomic E-state index is -3.71. The quantitative estimate of drug-likeness (QED) is 0.240. The molecule has 13 heteroatoms. The number of nitrogens with two attached hydrogens (primary N) is 1. The van der Waals surface area contributed by atoms with Crippen LogP contribution >= 0.6 is 11.6 Å². The number of aromatic nitrogens is 4. The molecule has 4 N–H and O–H groups in total. The van der Waals surface area contributed by atoms with Crippen molar-refractivity contribution in [2.45, 2.75) is 13.0 Å². The van der Waals surface area contributed by atoms with Crippen LogP contribution in [-0.2, 0) is 10.2 Å². The first-order valence-corrected chi connectivity index (χ1v) is 14.3. The van der Waals surface area contributed by atoms with Gasteiger partial charge in [0.2, 0.25) is 5.95 Å². The zero-order chi connectivity index (χ0) is 29.3. The molecule has 0 aliphatic carbocycles. The fraction of sp³-hybridized carbons (Fsp3) is 0.143. The van der Waals surface area contributed by atoms with E-state index in [1.165, 1.54) is 18.7 Å². The Kier molecular flexibility index (Phi) is 7.63. The number of nitrogens with zero attached hydrogens (tertiary/aromatic N) is 5. The average Bonchev–Trinajstić information content (AvgIpc) is 2.93. The Labute approximate surface area is 241 Å². The molecule has 210 valence electrons. The van der Waals surface area contributed by atoms with Gasteiger partial charge in [0.1, 0.15) is 11.6 Å². The van der Waals surface area contributed by atoms with E-state index < -0.39 is 16.3 Å². The van der Waals surface area contributed by atoms with Gasteiger partial charge in [0.15, 0.2) is 0 Å². The molecule has 5 rings (SSSR count). The minimum Gasteiger partial charge on any atom is -0.368 e. The van der Waals surface area contributed by atoms with E-state index in [9.17, 15) is 13.2 Å². The van der Waals surface area contributed by atoms with Crippen LogP contribution in [0, 0.1) is 0 Å². The van der Waals surface area contributed by atoms with Gasteiger partial charge in [-0.3, -0.25) is 14.1 Å². The second-order valence-corrected chi connectivity index (χ2v) is 11.7. The Bertz CT molecular complexity index is 1910. The summed E-state index contributed by atoms with van der Waals surface area (Å²) in [6, 6.07) is 20.6. The smallest absolute Gasteiger partial charge is 0.301 e. The molecule has 2 aromatic heterocycles. The molecule has 2 heterocycles. The van der Waals surface area contributed by atoms with Gasteiger partial charge in [0, 0.05) is 25.9 Å². The zero-order valence-electron chi connectivity index (χ0n) is 22.4. The Morgan fingerprint density at radius 2 is 1.73 bits per heavy atom. The first-order chi connectivity index (χ1) is 19.5. The first kappa shape index (κ1) is 28.0. The fourth-order valence-electron chi connectivity index (χ4n) is 4.30. The van der Waals surface area contributed by atoms with Gasteiger partial charge in [-0.1, -0.05) is 48.0 Å². The van der Waals surface area contributed by atoms with Crippen molar-refractivity contribution in [3.8, 4) is 16.8 Å².